The van der Waals surface area contributed by atoms with Crippen molar-refractivity contribution in [3.05, 3.63) is 34.9 Å². The quantitative estimate of drug-likeness (QED) is 0.721. The van der Waals surface area contributed by atoms with Crippen LogP contribution in [0.1, 0.15) is 27.7 Å². The van der Waals surface area contributed by atoms with Crippen LogP contribution >= 0.6 is 0 Å². The predicted molar refractivity (Wildman–Crippen MR) is 62.9 cm³/mol. The zero-order chi connectivity index (χ0) is 11.7. The lowest BCUT2D eigenvalue weighted by molar-refractivity contribution is 1.00. The summed E-state index contributed by atoms with van der Waals surface area (Å²) in [6.45, 7) is 8.00. The number of pyridine rings is 1. The van der Waals surface area contributed by atoms with Crippen LogP contribution in [0, 0.1) is 0 Å². The summed E-state index contributed by atoms with van der Waals surface area (Å²) in [5, 5.41) is 6.51. The van der Waals surface area contributed by atoms with Gasteiger partial charge in [-0.1, -0.05) is 27.7 Å². The van der Waals surface area contributed by atoms with Crippen molar-refractivity contribution in [1.82, 2.24) is 15.2 Å². The standard InChI is InChI=1S/C7H5N3O.2C2H6/c11-7-5-2-1-3-8-6(5)4-9-10-7;2*1-2/h1-4H,(H,10,11);2*1-2H3. The molecule has 0 aliphatic rings. The molecule has 2 aromatic rings. The summed E-state index contributed by atoms with van der Waals surface area (Å²) in [6.07, 6.45) is 3.15. The zero-order valence-electron chi connectivity index (χ0n) is 9.61. The molecule has 0 radical (unpaired) electrons. The molecular formula is C11H17N3O. The van der Waals surface area contributed by atoms with Crippen molar-refractivity contribution in [3.8, 4) is 0 Å². The van der Waals surface area contributed by atoms with Crippen LogP contribution in [-0.2, 0) is 0 Å². The van der Waals surface area contributed by atoms with Crippen LogP contribution in [0.2, 0.25) is 0 Å². The molecule has 2 aromatic heterocycles. The first-order valence-corrected chi connectivity index (χ1v) is 5.16. The molecule has 0 amide bonds. The lowest BCUT2D eigenvalue weighted by Crippen LogP contribution is -2.07. The minimum absolute atomic E-state index is 0.199. The van der Waals surface area contributed by atoms with E-state index in [4.69, 9.17) is 0 Å². The van der Waals surface area contributed by atoms with Gasteiger partial charge in [-0.25, -0.2) is 5.10 Å². The first-order valence-electron chi connectivity index (χ1n) is 5.16. The minimum atomic E-state index is -0.199. The molecule has 4 heteroatoms. The summed E-state index contributed by atoms with van der Waals surface area (Å²) in [7, 11) is 0. The number of rotatable bonds is 0. The van der Waals surface area contributed by atoms with Crippen molar-refractivity contribution in [2.75, 3.05) is 0 Å². The van der Waals surface area contributed by atoms with Gasteiger partial charge >= 0.3 is 0 Å². The highest BCUT2D eigenvalue weighted by Crippen LogP contribution is 2.00. The predicted octanol–water partition coefficient (Wildman–Crippen LogP) is 2.37. The Balaban J connectivity index is 0.000000442. The van der Waals surface area contributed by atoms with E-state index in [0.29, 0.717) is 10.9 Å². The molecule has 2 heterocycles. The molecule has 1 N–H and O–H groups in total. The average molecular weight is 207 g/mol. The summed E-state index contributed by atoms with van der Waals surface area (Å²) in [4.78, 5) is 15.0. The molecule has 0 saturated carbocycles. The van der Waals surface area contributed by atoms with Crippen LogP contribution in [0.4, 0.5) is 0 Å². The Morgan fingerprint density at radius 2 is 1.87 bits per heavy atom. The second kappa shape index (κ2) is 7.67. The molecule has 0 atom stereocenters. The highest BCUT2D eigenvalue weighted by Gasteiger charge is 1.95. The van der Waals surface area contributed by atoms with Crippen LogP contribution < -0.4 is 5.56 Å². The largest absolute Gasteiger partial charge is 0.273 e. The van der Waals surface area contributed by atoms with E-state index in [1.54, 1.807) is 18.3 Å². The van der Waals surface area contributed by atoms with E-state index in [1.807, 2.05) is 27.7 Å². The average Bonchev–Trinajstić information content (AvgIpc) is 2.35. The molecule has 0 aliphatic carbocycles. The van der Waals surface area contributed by atoms with E-state index in [1.165, 1.54) is 6.20 Å². The molecule has 0 spiro atoms. The van der Waals surface area contributed by atoms with Gasteiger partial charge in [0.2, 0.25) is 0 Å². The molecule has 82 valence electrons. The van der Waals surface area contributed by atoms with Gasteiger partial charge < -0.3 is 0 Å². The van der Waals surface area contributed by atoms with Crippen LogP contribution in [0.25, 0.3) is 10.9 Å². The highest BCUT2D eigenvalue weighted by atomic mass is 16.1. The fraction of sp³-hybridized carbons (Fsp3) is 0.364. The molecule has 0 aliphatic heterocycles. The topological polar surface area (TPSA) is 58.6 Å². The number of hydrogen-bond acceptors (Lipinski definition) is 3. The molecule has 0 bridgehead atoms. The highest BCUT2D eigenvalue weighted by molar-refractivity contribution is 5.75. The number of hydrogen-bond donors (Lipinski definition) is 1. The third-order valence-electron chi connectivity index (χ3n) is 1.44. The van der Waals surface area contributed by atoms with Crippen molar-refractivity contribution in [2.24, 2.45) is 0 Å². The van der Waals surface area contributed by atoms with Gasteiger partial charge in [0, 0.05) is 6.20 Å². The van der Waals surface area contributed by atoms with Gasteiger partial charge in [0.1, 0.15) is 0 Å². The van der Waals surface area contributed by atoms with Crippen molar-refractivity contribution in [1.29, 1.82) is 0 Å². The van der Waals surface area contributed by atoms with Gasteiger partial charge in [-0.15, -0.1) is 0 Å². The molecule has 0 aromatic carbocycles. The summed E-state index contributed by atoms with van der Waals surface area (Å²) in [5.41, 5.74) is 0.423. The first kappa shape index (κ1) is 13.3. The number of H-pyrrole nitrogens is 1. The maximum Gasteiger partial charge on any atom is 0.273 e. The maximum atomic E-state index is 11.0. The summed E-state index contributed by atoms with van der Waals surface area (Å²) in [5.74, 6) is 0. The summed E-state index contributed by atoms with van der Waals surface area (Å²) >= 11 is 0. The Kier molecular flexibility index (Phi) is 6.80. The summed E-state index contributed by atoms with van der Waals surface area (Å²) < 4.78 is 0. The third kappa shape index (κ3) is 3.50. The SMILES string of the molecule is CC.CC.O=c1[nH]ncc2ncccc12. The fourth-order valence-electron chi connectivity index (χ4n) is 0.925. The summed E-state index contributed by atoms with van der Waals surface area (Å²) in [6, 6.07) is 3.43. The lowest BCUT2D eigenvalue weighted by atomic mass is 10.3. The number of nitrogens with one attached hydrogen (secondary N) is 1. The second-order valence-corrected chi connectivity index (χ2v) is 2.14. The molecule has 2 rings (SSSR count). The van der Waals surface area contributed by atoms with Crippen molar-refractivity contribution in [2.45, 2.75) is 27.7 Å². The lowest BCUT2D eigenvalue weighted by Gasteiger charge is -1.90. The molecule has 0 saturated heterocycles. The Hall–Kier alpha value is -1.71. The van der Waals surface area contributed by atoms with Crippen LogP contribution in [-0.4, -0.2) is 15.2 Å². The van der Waals surface area contributed by atoms with E-state index < -0.39 is 0 Å². The monoisotopic (exact) mass is 207 g/mol. The molecule has 15 heavy (non-hydrogen) atoms. The van der Waals surface area contributed by atoms with Gasteiger partial charge in [-0.05, 0) is 12.1 Å². The normalized spacial score (nSPS) is 8.27. The van der Waals surface area contributed by atoms with Crippen LogP contribution in [0.15, 0.2) is 29.3 Å². The van der Waals surface area contributed by atoms with Crippen molar-refractivity contribution < 1.29 is 0 Å². The number of aromatic amines is 1. The van der Waals surface area contributed by atoms with Gasteiger partial charge in [-0.3, -0.25) is 9.78 Å². The van der Waals surface area contributed by atoms with Crippen LogP contribution in [0.5, 0.6) is 0 Å². The van der Waals surface area contributed by atoms with Crippen molar-refractivity contribution in [3.63, 3.8) is 0 Å². The van der Waals surface area contributed by atoms with Crippen molar-refractivity contribution >= 4 is 10.9 Å². The third-order valence-corrected chi connectivity index (χ3v) is 1.44. The van der Waals surface area contributed by atoms with E-state index in [0.717, 1.165) is 0 Å². The molecule has 0 fully saturated rings. The van der Waals surface area contributed by atoms with Gasteiger partial charge in [0.15, 0.2) is 0 Å². The molecule has 0 unspecified atom stereocenters. The Morgan fingerprint density at radius 3 is 2.47 bits per heavy atom. The Morgan fingerprint density at radius 1 is 1.20 bits per heavy atom. The maximum absolute atomic E-state index is 11.0. The second-order valence-electron chi connectivity index (χ2n) is 2.14. The number of fused-ring (bicyclic) bond motifs is 1. The first-order chi connectivity index (χ1) is 7.38. The molecule has 4 nitrogen and oxygen atoms in total. The van der Waals surface area contributed by atoms with Gasteiger partial charge in [0.05, 0.1) is 17.1 Å². The van der Waals surface area contributed by atoms with Gasteiger partial charge in [-0.2, -0.15) is 5.10 Å². The van der Waals surface area contributed by atoms with E-state index in [2.05, 4.69) is 15.2 Å². The zero-order valence-corrected chi connectivity index (χ0v) is 9.61. The number of nitrogens with zero attached hydrogens (tertiary/aromatic N) is 2. The van der Waals surface area contributed by atoms with E-state index in [9.17, 15) is 4.79 Å². The smallest absolute Gasteiger partial charge is 0.267 e. The fourth-order valence-corrected chi connectivity index (χ4v) is 0.925. The minimum Gasteiger partial charge on any atom is -0.267 e. The molecular weight excluding hydrogens is 190 g/mol. The number of aromatic nitrogens is 3. The van der Waals surface area contributed by atoms with Crippen LogP contribution in [0.3, 0.4) is 0 Å². The van der Waals surface area contributed by atoms with E-state index in [-0.39, 0.29) is 5.56 Å². The van der Waals surface area contributed by atoms with Gasteiger partial charge in [0.25, 0.3) is 5.56 Å². The Labute approximate surface area is 89.4 Å². The van der Waals surface area contributed by atoms with E-state index >= 15 is 0 Å². The Bertz CT molecular complexity index is 432.